The van der Waals surface area contributed by atoms with Crippen molar-refractivity contribution in [2.24, 2.45) is 0 Å². The number of aliphatic hydroxyl groups is 1. The van der Waals surface area contributed by atoms with Crippen molar-refractivity contribution in [1.82, 2.24) is 0 Å². The standard InChI is InChI=1S/C8H6ClF3O/c9-7-5(4-13)2-1-3-6(7)8(10,11)12/h1-3,13H,4H2. The van der Waals surface area contributed by atoms with Gasteiger partial charge in [0, 0.05) is 0 Å². The van der Waals surface area contributed by atoms with Crippen molar-refractivity contribution in [2.45, 2.75) is 12.8 Å². The molecule has 1 nitrogen and oxygen atoms in total. The van der Waals surface area contributed by atoms with E-state index in [1.54, 1.807) is 0 Å². The molecule has 0 aliphatic heterocycles. The summed E-state index contributed by atoms with van der Waals surface area (Å²) in [5.41, 5.74) is -0.836. The average molecular weight is 211 g/mol. The van der Waals surface area contributed by atoms with Crippen LogP contribution in [0.15, 0.2) is 18.2 Å². The van der Waals surface area contributed by atoms with Gasteiger partial charge in [0.15, 0.2) is 0 Å². The molecule has 1 rings (SSSR count). The first-order chi connectivity index (χ1) is 5.96. The quantitative estimate of drug-likeness (QED) is 0.756. The lowest BCUT2D eigenvalue weighted by atomic mass is 10.1. The van der Waals surface area contributed by atoms with Crippen molar-refractivity contribution < 1.29 is 18.3 Å². The van der Waals surface area contributed by atoms with Crippen LogP contribution in [0.1, 0.15) is 11.1 Å². The van der Waals surface area contributed by atoms with Crippen LogP contribution < -0.4 is 0 Å². The molecule has 0 atom stereocenters. The molecule has 0 heterocycles. The van der Waals surface area contributed by atoms with Gasteiger partial charge in [-0.25, -0.2) is 0 Å². The van der Waals surface area contributed by atoms with Gasteiger partial charge in [0.2, 0.25) is 0 Å². The Morgan fingerprint density at radius 2 is 1.92 bits per heavy atom. The minimum absolute atomic E-state index is 0.0801. The maximum Gasteiger partial charge on any atom is 0.417 e. The summed E-state index contributed by atoms with van der Waals surface area (Å²) in [6.07, 6.45) is -4.47. The zero-order valence-corrected chi connectivity index (χ0v) is 7.15. The Kier molecular flexibility index (Phi) is 2.83. The molecule has 0 amide bonds. The Balaban J connectivity index is 3.24. The first-order valence-corrected chi connectivity index (χ1v) is 3.80. The molecule has 0 aliphatic carbocycles. The van der Waals surface area contributed by atoms with Gasteiger partial charge in [-0.05, 0) is 11.6 Å². The maximum atomic E-state index is 12.2. The molecule has 0 fully saturated rings. The van der Waals surface area contributed by atoms with Crippen LogP contribution in [0.4, 0.5) is 13.2 Å². The number of hydrogen-bond acceptors (Lipinski definition) is 1. The van der Waals surface area contributed by atoms with Crippen LogP contribution in [0, 0.1) is 0 Å². The van der Waals surface area contributed by atoms with E-state index in [2.05, 4.69) is 0 Å². The second-order valence-corrected chi connectivity index (χ2v) is 2.81. The third-order valence-corrected chi connectivity index (χ3v) is 2.00. The lowest BCUT2D eigenvalue weighted by Gasteiger charge is -2.10. The van der Waals surface area contributed by atoms with E-state index in [1.165, 1.54) is 12.1 Å². The van der Waals surface area contributed by atoms with Gasteiger partial charge in [-0.2, -0.15) is 13.2 Å². The second kappa shape index (κ2) is 3.55. The van der Waals surface area contributed by atoms with E-state index in [0.29, 0.717) is 0 Å². The smallest absolute Gasteiger partial charge is 0.392 e. The largest absolute Gasteiger partial charge is 0.417 e. The molecule has 72 valence electrons. The Morgan fingerprint density at radius 1 is 1.31 bits per heavy atom. The summed E-state index contributed by atoms with van der Waals surface area (Å²) in [6, 6.07) is 3.43. The number of benzene rings is 1. The maximum absolute atomic E-state index is 12.2. The fraction of sp³-hybridized carbons (Fsp3) is 0.250. The predicted molar refractivity (Wildman–Crippen MR) is 42.4 cm³/mol. The summed E-state index contributed by atoms with van der Waals surface area (Å²) < 4.78 is 36.6. The molecule has 0 aliphatic rings. The third-order valence-electron chi connectivity index (χ3n) is 1.55. The average Bonchev–Trinajstić information content (AvgIpc) is 2.02. The molecular formula is C8H6ClF3O. The van der Waals surface area contributed by atoms with Crippen LogP contribution in [-0.2, 0) is 12.8 Å². The predicted octanol–water partition coefficient (Wildman–Crippen LogP) is 2.85. The van der Waals surface area contributed by atoms with E-state index in [9.17, 15) is 13.2 Å². The van der Waals surface area contributed by atoms with Crippen LogP contribution in [-0.4, -0.2) is 5.11 Å². The first kappa shape index (κ1) is 10.3. The lowest BCUT2D eigenvalue weighted by molar-refractivity contribution is -0.137. The molecule has 13 heavy (non-hydrogen) atoms. The van der Waals surface area contributed by atoms with Crippen molar-refractivity contribution in [3.05, 3.63) is 34.3 Å². The number of halogens is 4. The molecule has 0 saturated carbocycles. The number of hydrogen-bond donors (Lipinski definition) is 1. The van der Waals surface area contributed by atoms with Crippen molar-refractivity contribution in [2.75, 3.05) is 0 Å². The summed E-state index contributed by atoms with van der Waals surface area (Å²) in [5.74, 6) is 0. The van der Waals surface area contributed by atoms with Gasteiger partial charge in [-0.1, -0.05) is 23.7 Å². The molecule has 0 radical (unpaired) electrons. The minimum Gasteiger partial charge on any atom is -0.392 e. The van der Waals surface area contributed by atoms with Crippen LogP contribution >= 0.6 is 11.6 Å². The summed E-state index contributed by atoms with van der Waals surface area (Å²) in [5, 5.41) is 8.22. The summed E-state index contributed by atoms with van der Waals surface area (Å²) in [6.45, 7) is -0.497. The van der Waals surface area contributed by atoms with Gasteiger partial charge >= 0.3 is 6.18 Å². The zero-order valence-electron chi connectivity index (χ0n) is 6.40. The molecule has 1 aromatic carbocycles. The van der Waals surface area contributed by atoms with Crippen molar-refractivity contribution >= 4 is 11.6 Å². The molecule has 0 saturated heterocycles. The van der Waals surface area contributed by atoms with Gasteiger partial charge in [-0.15, -0.1) is 0 Å². The van der Waals surface area contributed by atoms with Crippen molar-refractivity contribution in [1.29, 1.82) is 0 Å². The number of aliphatic hydroxyl groups excluding tert-OH is 1. The number of rotatable bonds is 1. The molecule has 0 aromatic heterocycles. The monoisotopic (exact) mass is 210 g/mol. The van der Waals surface area contributed by atoms with Crippen LogP contribution in [0.2, 0.25) is 5.02 Å². The van der Waals surface area contributed by atoms with E-state index in [4.69, 9.17) is 16.7 Å². The summed E-state index contributed by atoms with van der Waals surface area (Å²) in [4.78, 5) is 0. The zero-order chi connectivity index (χ0) is 10.1. The lowest BCUT2D eigenvalue weighted by Crippen LogP contribution is -2.06. The normalized spacial score (nSPS) is 11.8. The Labute approximate surface area is 77.8 Å². The first-order valence-electron chi connectivity index (χ1n) is 3.42. The van der Waals surface area contributed by atoms with E-state index in [1.807, 2.05) is 0 Å². The molecule has 1 aromatic rings. The van der Waals surface area contributed by atoms with Crippen LogP contribution in [0.3, 0.4) is 0 Å². The molecule has 1 N–H and O–H groups in total. The number of alkyl halides is 3. The Hall–Kier alpha value is -0.740. The SMILES string of the molecule is OCc1cccc(C(F)(F)F)c1Cl. The van der Waals surface area contributed by atoms with Crippen molar-refractivity contribution in [3.8, 4) is 0 Å². The Morgan fingerprint density at radius 3 is 2.38 bits per heavy atom. The second-order valence-electron chi connectivity index (χ2n) is 2.43. The molecule has 0 unspecified atom stereocenters. The summed E-state index contributed by atoms with van der Waals surface area (Å²) in [7, 11) is 0. The van der Waals surface area contributed by atoms with Crippen LogP contribution in [0.25, 0.3) is 0 Å². The highest BCUT2D eigenvalue weighted by Gasteiger charge is 2.33. The highest BCUT2D eigenvalue weighted by molar-refractivity contribution is 6.32. The molecular weight excluding hydrogens is 205 g/mol. The van der Waals surface area contributed by atoms with E-state index in [-0.39, 0.29) is 5.56 Å². The molecule has 5 heteroatoms. The molecule has 0 spiro atoms. The molecule has 0 bridgehead atoms. The van der Waals surface area contributed by atoms with Gasteiger partial charge in [0.05, 0.1) is 17.2 Å². The van der Waals surface area contributed by atoms with E-state index in [0.717, 1.165) is 6.07 Å². The third kappa shape index (κ3) is 2.14. The highest BCUT2D eigenvalue weighted by atomic mass is 35.5. The van der Waals surface area contributed by atoms with Gasteiger partial charge < -0.3 is 5.11 Å². The van der Waals surface area contributed by atoms with Crippen LogP contribution in [0.5, 0.6) is 0 Å². The fourth-order valence-electron chi connectivity index (χ4n) is 0.921. The highest BCUT2D eigenvalue weighted by Crippen LogP contribution is 2.35. The van der Waals surface area contributed by atoms with Gasteiger partial charge in [0.25, 0.3) is 0 Å². The van der Waals surface area contributed by atoms with Crippen molar-refractivity contribution in [3.63, 3.8) is 0 Å². The Bertz CT molecular complexity index is 309. The van der Waals surface area contributed by atoms with E-state index >= 15 is 0 Å². The topological polar surface area (TPSA) is 20.2 Å². The van der Waals surface area contributed by atoms with Gasteiger partial charge in [-0.3, -0.25) is 0 Å². The minimum atomic E-state index is -4.47. The van der Waals surface area contributed by atoms with Gasteiger partial charge in [0.1, 0.15) is 0 Å². The summed E-state index contributed by atoms with van der Waals surface area (Å²) >= 11 is 5.41. The van der Waals surface area contributed by atoms with E-state index < -0.39 is 23.4 Å². The fourth-order valence-corrected chi connectivity index (χ4v) is 1.21.